The molecule has 0 aliphatic rings. The van der Waals surface area contributed by atoms with Crippen LogP contribution in [0.5, 0.6) is 11.5 Å². The molecule has 0 amide bonds. The number of fused-ring (bicyclic) bond motifs is 1. The van der Waals surface area contributed by atoms with E-state index in [9.17, 15) is 0 Å². The van der Waals surface area contributed by atoms with Gasteiger partial charge in [-0.05, 0) is 31.2 Å². The normalized spacial score (nSPS) is 11.0. The Hall–Kier alpha value is -2.73. The van der Waals surface area contributed by atoms with Crippen LogP contribution in [0.3, 0.4) is 0 Å². The van der Waals surface area contributed by atoms with Gasteiger partial charge >= 0.3 is 0 Å². The molecule has 0 unspecified atom stereocenters. The van der Waals surface area contributed by atoms with E-state index in [4.69, 9.17) is 9.15 Å². The van der Waals surface area contributed by atoms with Gasteiger partial charge < -0.3 is 9.15 Å². The lowest BCUT2D eigenvalue weighted by atomic mass is 10.2. The summed E-state index contributed by atoms with van der Waals surface area (Å²) in [5.41, 5.74) is 1.71. The third kappa shape index (κ3) is 2.68. The summed E-state index contributed by atoms with van der Waals surface area (Å²) >= 11 is 1.67. The minimum atomic E-state index is 0.448. The van der Waals surface area contributed by atoms with Crippen LogP contribution in [0.1, 0.15) is 10.9 Å². The van der Waals surface area contributed by atoms with Gasteiger partial charge in [-0.2, -0.15) is 0 Å². The highest BCUT2D eigenvalue weighted by Gasteiger charge is 2.13. The van der Waals surface area contributed by atoms with Gasteiger partial charge in [0.15, 0.2) is 0 Å². The van der Waals surface area contributed by atoms with Gasteiger partial charge in [0.25, 0.3) is 5.89 Å². The van der Waals surface area contributed by atoms with Crippen molar-refractivity contribution >= 4 is 21.6 Å². The van der Waals surface area contributed by atoms with Crippen LogP contribution in [-0.2, 0) is 0 Å². The van der Waals surface area contributed by atoms with Crippen molar-refractivity contribution in [3.8, 4) is 23.0 Å². The number of rotatable bonds is 3. The van der Waals surface area contributed by atoms with E-state index in [0.717, 1.165) is 26.5 Å². The average molecular weight is 323 g/mol. The highest BCUT2D eigenvalue weighted by atomic mass is 32.1. The van der Waals surface area contributed by atoms with Crippen LogP contribution in [0, 0.1) is 13.8 Å². The molecule has 2 aromatic carbocycles. The first-order valence-corrected chi connectivity index (χ1v) is 7.95. The highest BCUT2D eigenvalue weighted by molar-refractivity contribution is 7.18. The lowest BCUT2D eigenvalue weighted by Crippen LogP contribution is -1.88. The topological polar surface area (TPSA) is 61.0 Å². The van der Waals surface area contributed by atoms with Crippen molar-refractivity contribution in [1.82, 2.24) is 15.2 Å². The van der Waals surface area contributed by atoms with E-state index in [2.05, 4.69) is 15.2 Å². The quantitative estimate of drug-likeness (QED) is 0.544. The lowest BCUT2D eigenvalue weighted by molar-refractivity contribution is 0.478. The fraction of sp³-hybridized carbons (Fsp3) is 0.118. The number of hydrogen-bond donors (Lipinski definition) is 0. The maximum atomic E-state index is 6.03. The maximum Gasteiger partial charge on any atom is 0.251 e. The first-order valence-electron chi connectivity index (χ1n) is 7.13. The Balaban J connectivity index is 1.72. The van der Waals surface area contributed by atoms with Crippen molar-refractivity contribution in [2.45, 2.75) is 13.8 Å². The average Bonchev–Trinajstić information content (AvgIpc) is 3.12. The molecule has 0 atom stereocenters. The lowest BCUT2D eigenvalue weighted by Gasteiger charge is -2.08. The summed E-state index contributed by atoms with van der Waals surface area (Å²) in [6.07, 6.45) is 0. The predicted molar refractivity (Wildman–Crippen MR) is 88.9 cm³/mol. The number of hydrogen-bond acceptors (Lipinski definition) is 6. The fourth-order valence-electron chi connectivity index (χ4n) is 2.35. The summed E-state index contributed by atoms with van der Waals surface area (Å²) in [6.45, 7) is 3.76. The van der Waals surface area contributed by atoms with Gasteiger partial charge in [-0.25, -0.2) is 4.98 Å². The van der Waals surface area contributed by atoms with E-state index in [1.165, 1.54) is 0 Å². The Labute approximate surface area is 136 Å². The number of aromatic nitrogens is 3. The zero-order valence-corrected chi connectivity index (χ0v) is 13.4. The molecule has 0 spiro atoms. The van der Waals surface area contributed by atoms with Crippen LogP contribution in [0.15, 0.2) is 46.9 Å². The largest absolute Gasteiger partial charge is 0.456 e. The second kappa shape index (κ2) is 5.48. The second-order valence-electron chi connectivity index (χ2n) is 5.09. The molecule has 0 radical (unpaired) electrons. The molecular weight excluding hydrogens is 310 g/mol. The van der Waals surface area contributed by atoms with Gasteiger partial charge in [0.05, 0.1) is 20.8 Å². The van der Waals surface area contributed by atoms with E-state index >= 15 is 0 Å². The van der Waals surface area contributed by atoms with Crippen molar-refractivity contribution in [2.75, 3.05) is 0 Å². The van der Waals surface area contributed by atoms with Crippen molar-refractivity contribution in [3.63, 3.8) is 0 Å². The molecular formula is C17H13N3O2S. The van der Waals surface area contributed by atoms with Gasteiger partial charge in [0.2, 0.25) is 5.89 Å². The molecule has 4 aromatic rings. The monoisotopic (exact) mass is 323 g/mol. The maximum absolute atomic E-state index is 6.03. The first kappa shape index (κ1) is 13.9. The summed E-state index contributed by atoms with van der Waals surface area (Å²) < 4.78 is 12.7. The standard InChI is InChI=1S/C17H13N3O2S/c1-10-19-20-17(21-10)13-5-3-4-6-15(13)22-12-7-8-16-14(9-12)18-11(2)23-16/h3-9H,1-2H3. The Kier molecular flexibility index (Phi) is 3.31. The number of nitrogens with zero attached hydrogens (tertiary/aromatic N) is 3. The zero-order valence-electron chi connectivity index (χ0n) is 12.6. The number of para-hydroxylation sites is 1. The summed E-state index contributed by atoms with van der Waals surface area (Å²) in [7, 11) is 0. The summed E-state index contributed by atoms with van der Waals surface area (Å²) in [6, 6.07) is 13.5. The third-order valence-electron chi connectivity index (χ3n) is 3.34. The van der Waals surface area contributed by atoms with Crippen LogP contribution >= 0.6 is 11.3 Å². The second-order valence-corrected chi connectivity index (χ2v) is 6.32. The van der Waals surface area contributed by atoms with Crippen LogP contribution in [0.4, 0.5) is 0 Å². The molecule has 0 saturated heterocycles. The molecule has 2 aromatic heterocycles. The van der Waals surface area contributed by atoms with E-state index in [1.54, 1.807) is 18.3 Å². The number of ether oxygens (including phenoxy) is 1. The number of thiazole rings is 1. The van der Waals surface area contributed by atoms with Crippen LogP contribution in [0.2, 0.25) is 0 Å². The molecule has 2 heterocycles. The van der Waals surface area contributed by atoms with Crippen LogP contribution in [-0.4, -0.2) is 15.2 Å². The van der Waals surface area contributed by atoms with E-state index in [0.29, 0.717) is 17.5 Å². The van der Waals surface area contributed by atoms with Crippen molar-refractivity contribution in [1.29, 1.82) is 0 Å². The minimum Gasteiger partial charge on any atom is -0.456 e. The molecule has 0 bridgehead atoms. The summed E-state index contributed by atoms with van der Waals surface area (Å²) in [5, 5.41) is 8.98. The van der Waals surface area contributed by atoms with Gasteiger partial charge in [-0.15, -0.1) is 21.5 Å². The molecule has 0 N–H and O–H groups in total. The Morgan fingerprint density at radius 1 is 1.04 bits per heavy atom. The van der Waals surface area contributed by atoms with Crippen molar-refractivity contribution in [3.05, 3.63) is 53.4 Å². The van der Waals surface area contributed by atoms with Gasteiger partial charge in [0.1, 0.15) is 11.5 Å². The van der Waals surface area contributed by atoms with Crippen molar-refractivity contribution in [2.24, 2.45) is 0 Å². The van der Waals surface area contributed by atoms with Gasteiger partial charge in [0, 0.05) is 13.0 Å². The van der Waals surface area contributed by atoms with Gasteiger partial charge in [-0.3, -0.25) is 0 Å². The zero-order chi connectivity index (χ0) is 15.8. The van der Waals surface area contributed by atoms with E-state index < -0.39 is 0 Å². The van der Waals surface area contributed by atoms with Crippen molar-refractivity contribution < 1.29 is 9.15 Å². The highest BCUT2D eigenvalue weighted by Crippen LogP contribution is 2.34. The number of aryl methyl sites for hydroxylation is 2. The molecule has 5 nitrogen and oxygen atoms in total. The first-order chi connectivity index (χ1) is 11.2. The molecule has 0 aliphatic heterocycles. The smallest absolute Gasteiger partial charge is 0.251 e. The molecule has 114 valence electrons. The summed E-state index contributed by atoms with van der Waals surface area (Å²) in [5.74, 6) is 2.37. The molecule has 0 aliphatic carbocycles. The van der Waals surface area contributed by atoms with E-state index in [-0.39, 0.29) is 0 Å². The molecule has 0 fully saturated rings. The Morgan fingerprint density at radius 2 is 1.91 bits per heavy atom. The molecule has 23 heavy (non-hydrogen) atoms. The molecule has 0 saturated carbocycles. The van der Waals surface area contributed by atoms with Crippen LogP contribution in [0.25, 0.3) is 21.7 Å². The molecule has 6 heteroatoms. The van der Waals surface area contributed by atoms with Crippen LogP contribution < -0.4 is 4.74 Å². The SMILES string of the molecule is Cc1nnc(-c2ccccc2Oc2ccc3sc(C)nc3c2)o1. The number of benzene rings is 2. The fourth-order valence-corrected chi connectivity index (χ4v) is 3.16. The third-order valence-corrected chi connectivity index (χ3v) is 4.29. The van der Waals surface area contributed by atoms with Gasteiger partial charge in [-0.1, -0.05) is 12.1 Å². The minimum absolute atomic E-state index is 0.448. The molecule has 4 rings (SSSR count). The summed E-state index contributed by atoms with van der Waals surface area (Å²) in [4.78, 5) is 4.50. The Bertz CT molecular complexity index is 990. The Morgan fingerprint density at radius 3 is 2.74 bits per heavy atom. The predicted octanol–water partition coefficient (Wildman–Crippen LogP) is 4.76. The van der Waals surface area contributed by atoms with E-state index in [1.807, 2.05) is 49.4 Å².